The molecule has 3 nitrogen and oxygen atoms in total. The third-order valence-corrected chi connectivity index (χ3v) is 2.44. The molecule has 0 atom stereocenters. The molecule has 0 N–H and O–H groups in total. The SMILES string of the molecule is C=C([SiH3])C(OCC)(OCC)N(C)C. The second kappa shape index (κ2) is 5.54. The fourth-order valence-electron chi connectivity index (χ4n) is 1.32. The Bertz CT molecular complexity index is 165. The highest BCUT2D eigenvalue weighted by molar-refractivity contribution is 6.22. The topological polar surface area (TPSA) is 21.7 Å². The Morgan fingerprint density at radius 3 is 1.85 bits per heavy atom. The maximum atomic E-state index is 5.63. The van der Waals surface area contributed by atoms with E-state index < -0.39 is 5.91 Å². The summed E-state index contributed by atoms with van der Waals surface area (Å²) in [5.41, 5.74) is 0. The molecule has 0 amide bonds. The Morgan fingerprint density at radius 2 is 1.69 bits per heavy atom. The predicted molar refractivity (Wildman–Crippen MR) is 58.7 cm³/mol. The van der Waals surface area contributed by atoms with Crippen LogP contribution in [-0.4, -0.2) is 48.4 Å². The van der Waals surface area contributed by atoms with Crippen molar-refractivity contribution in [2.45, 2.75) is 19.8 Å². The molecule has 13 heavy (non-hydrogen) atoms. The van der Waals surface area contributed by atoms with Crippen molar-refractivity contribution in [3.8, 4) is 0 Å². The van der Waals surface area contributed by atoms with Crippen molar-refractivity contribution >= 4 is 10.2 Å². The van der Waals surface area contributed by atoms with Gasteiger partial charge in [0.15, 0.2) is 0 Å². The zero-order valence-electron chi connectivity index (χ0n) is 9.39. The molecule has 0 bridgehead atoms. The van der Waals surface area contributed by atoms with Crippen LogP contribution in [-0.2, 0) is 9.47 Å². The second-order valence-electron chi connectivity index (χ2n) is 3.12. The van der Waals surface area contributed by atoms with Gasteiger partial charge in [-0.25, -0.2) is 0 Å². The van der Waals surface area contributed by atoms with E-state index in [1.165, 1.54) is 0 Å². The van der Waals surface area contributed by atoms with E-state index in [1.807, 2.05) is 32.8 Å². The van der Waals surface area contributed by atoms with Gasteiger partial charge in [0, 0.05) is 23.5 Å². The molecule has 0 aliphatic heterocycles. The minimum absolute atomic E-state index is 0.624. The van der Waals surface area contributed by atoms with Crippen molar-refractivity contribution in [1.29, 1.82) is 0 Å². The maximum Gasteiger partial charge on any atom is 0.248 e. The molecule has 0 saturated heterocycles. The molecule has 0 saturated carbocycles. The average molecular weight is 203 g/mol. The summed E-state index contributed by atoms with van der Waals surface area (Å²) in [7, 11) is 4.74. The molecule has 0 aromatic heterocycles. The molecule has 0 radical (unpaired) electrons. The van der Waals surface area contributed by atoms with Gasteiger partial charge in [-0.1, -0.05) is 6.58 Å². The molecule has 0 aliphatic rings. The highest BCUT2D eigenvalue weighted by Crippen LogP contribution is 2.22. The van der Waals surface area contributed by atoms with E-state index in [4.69, 9.17) is 9.47 Å². The molecule has 0 aromatic rings. The zero-order valence-corrected chi connectivity index (χ0v) is 11.4. The minimum atomic E-state index is -0.699. The van der Waals surface area contributed by atoms with Crippen LogP contribution in [0.25, 0.3) is 0 Å². The molecule has 78 valence electrons. The molecule has 4 heteroatoms. The average Bonchev–Trinajstić information content (AvgIpc) is 2.03. The van der Waals surface area contributed by atoms with E-state index in [0.717, 1.165) is 15.4 Å². The van der Waals surface area contributed by atoms with Crippen LogP contribution in [0.2, 0.25) is 0 Å². The Balaban J connectivity index is 4.69. The Labute approximate surface area is 84.1 Å². The number of hydrogen-bond donors (Lipinski definition) is 0. The van der Waals surface area contributed by atoms with E-state index in [1.54, 1.807) is 0 Å². The molecule has 0 heterocycles. The van der Waals surface area contributed by atoms with Gasteiger partial charge in [-0.05, 0) is 33.1 Å². The Morgan fingerprint density at radius 1 is 1.31 bits per heavy atom. The van der Waals surface area contributed by atoms with Gasteiger partial charge in [0.05, 0.1) is 0 Å². The molecular weight excluding hydrogens is 182 g/mol. The first-order chi connectivity index (χ1) is 6.01. The number of likely N-dealkylation sites (N-methyl/N-ethyl adjacent to an activating group) is 1. The monoisotopic (exact) mass is 203 g/mol. The van der Waals surface area contributed by atoms with Gasteiger partial charge in [-0.2, -0.15) is 0 Å². The van der Waals surface area contributed by atoms with E-state index in [0.29, 0.717) is 13.2 Å². The highest BCUT2D eigenvalue weighted by atomic mass is 28.1. The summed E-state index contributed by atoms with van der Waals surface area (Å²) in [5.74, 6) is -0.699. The summed E-state index contributed by atoms with van der Waals surface area (Å²) < 4.78 is 11.3. The Hall–Kier alpha value is -0.163. The fourth-order valence-corrected chi connectivity index (χ4v) is 2.06. The number of hydrogen-bond acceptors (Lipinski definition) is 3. The standard InChI is InChI=1S/C9H21NO2Si/c1-6-11-9(8(3)13,10(4)5)12-7-2/h3,6-7H2,1-2,4-5,13H3. The normalized spacial score (nSPS) is 12.4. The summed E-state index contributed by atoms with van der Waals surface area (Å²) in [5, 5.41) is 1.00. The van der Waals surface area contributed by atoms with Crippen LogP contribution in [0.3, 0.4) is 0 Å². The lowest BCUT2D eigenvalue weighted by molar-refractivity contribution is -0.273. The van der Waals surface area contributed by atoms with E-state index in [9.17, 15) is 0 Å². The fraction of sp³-hybridized carbons (Fsp3) is 0.778. The smallest absolute Gasteiger partial charge is 0.248 e. The van der Waals surface area contributed by atoms with E-state index in [-0.39, 0.29) is 0 Å². The largest absolute Gasteiger partial charge is 0.334 e. The van der Waals surface area contributed by atoms with Crippen molar-refractivity contribution in [2.24, 2.45) is 0 Å². The summed E-state index contributed by atoms with van der Waals surface area (Å²) in [4.78, 5) is 1.93. The zero-order chi connectivity index (χ0) is 10.5. The maximum absolute atomic E-state index is 5.63. The molecule has 0 aliphatic carbocycles. The van der Waals surface area contributed by atoms with Crippen LogP contribution < -0.4 is 0 Å². The van der Waals surface area contributed by atoms with Crippen LogP contribution in [0.1, 0.15) is 13.8 Å². The van der Waals surface area contributed by atoms with Crippen LogP contribution in [0, 0.1) is 0 Å². The number of ether oxygens (including phenoxy) is 2. The molecule has 0 fully saturated rings. The van der Waals surface area contributed by atoms with Crippen LogP contribution >= 0.6 is 0 Å². The molecular formula is C9H21NO2Si. The van der Waals surface area contributed by atoms with Gasteiger partial charge in [0.2, 0.25) is 5.91 Å². The van der Waals surface area contributed by atoms with Crippen molar-refractivity contribution < 1.29 is 9.47 Å². The lowest BCUT2D eigenvalue weighted by atomic mass is 10.4. The van der Waals surface area contributed by atoms with Gasteiger partial charge in [-0.3, -0.25) is 4.90 Å². The first-order valence-electron chi connectivity index (χ1n) is 4.62. The first kappa shape index (κ1) is 12.8. The third-order valence-electron chi connectivity index (χ3n) is 1.81. The summed E-state index contributed by atoms with van der Waals surface area (Å²) in [6.45, 7) is 9.13. The van der Waals surface area contributed by atoms with Crippen LogP contribution in [0.15, 0.2) is 11.8 Å². The minimum Gasteiger partial charge on any atom is -0.334 e. The van der Waals surface area contributed by atoms with Crippen LogP contribution in [0.4, 0.5) is 0 Å². The molecule has 0 unspecified atom stereocenters. The lowest BCUT2D eigenvalue weighted by Gasteiger charge is -2.39. The Kier molecular flexibility index (Phi) is 5.47. The first-order valence-corrected chi connectivity index (χ1v) is 5.62. The number of nitrogens with zero attached hydrogens (tertiary/aromatic N) is 1. The van der Waals surface area contributed by atoms with E-state index in [2.05, 4.69) is 6.58 Å². The van der Waals surface area contributed by atoms with Gasteiger partial charge in [0.1, 0.15) is 0 Å². The number of rotatable bonds is 6. The summed E-state index contributed by atoms with van der Waals surface area (Å²) in [6, 6.07) is 0. The molecule has 0 spiro atoms. The van der Waals surface area contributed by atoms with Crippen molar-refractivity contribution in [3.63, 3.8) is 0 Å². The van der Waals surface area contributed by atoms with Gasteiger partial charge in [0.25, 0.3) is 0 Å². The van der Waals surface area contributed by atoms with Crippen molar-refractivity contribution in [2.75, 3.05) is 27.3 Å². The lowest BCUT2D eigenvalue weighted by Crippen LogP contribution is -2.50. The van der Waals surface area contributed by atoms with E-state index >= 15 is 0 Å². The quantitative estimate of drug-likeness (QED) is 0.453. The summed E-state index contributed by atoms with van der Waals surface area (Å²) in [6.07, 6.45) is 0. The third kappa shape index (κ3) is 2.91. The molecule has 0 aromatic carbocycles. The summed E-state index contributed by atoms with van der Waals surface area (Å²) >= 11 is 0. The highest BCUT2D eigenvalue weighted by Gasteiger charge is 2.34. The van der Waals surface area contributed by atoms with Gasteiger partial charge >= 0.3 is 0 Å². The predicted octanol–water partition coefficient (Wildman–Crippen LogP) is 0.154. The van der Waals surface area contributed by atoms with Crippen LogP contribution in [0.5, 0.6) is 0 Å². The second-order valence-corrected chi connectivity index (χ2v) is 4.33. The van der Waals surface area contributed by atoms with Gasteiger partial charge in [-0.15, -0.1) is 0 Å². The van der Waals surface area contributed by atoms with Crippen molar-refractivity contribution in [3.05, 3.63) is 11.8 Å². The van der Waals surface area contributed by atoms with Gasteiger partial charge < -0.3 is 9.47 Å². The molecule has 0 rings (SSSR count). The van der Waals surface area contributed by atoms with Crippen molar-refractivity contribution in [1.82, 2.24) is 4.90 Å².